The monoisotopic (exact) mass is 524 g/mol. The molecule has 9 nitrogen and oxygen atoms in total. The molecule has 4 heterocycles. The molecule has 0 spiro atoms. The topological polar surface area (TPSA) is 109 Å². The van der Waals surface area contributed by atoms with Crippen molar-refractivity contribution in [3.05, 3.63) is 88.9 Å². The summed E-state index contributed by atoms with van der Waals surface area (Å²) in [7, 11) is 2.07. The molecule has 2 fully saturated rings. The molecule has 2 aliphatic rings. The minimum atomic E-state index is -0.284. The van der Waals surface area contributed by atoms with E-state index < -0.39 is 0 Å². The van der Waals surface area contributed by atoms with E-state index in [0.717, 1.165) is 42.8 Å². The van der Waals surface area contributed by atoms with Crippen molar-refractivity contribution in [1.82, 2.24) is 24.6 Å². The van der Waals surface area contributed by atoms with E-state index in [-0.39, 0.29) is 23.2 Å². The predicted octanol–water partition coefficient (Wildman–Crippen LogP) is 4.05. The number of benzene rings is 2. The van der Waals surface area contributed by atoms with Crippen LogP contribution in [0.15, 0.2) is 77.7 Å². The first kappa shape index (κ1) is 24.9. The minimum Gasteiger partial charge on any atom is -0.457 e. The maximum absolute atomic E-state index is 13.1. The summed E-state index contributed by atoms with van der Waals surface area (Å²) in [5.74, 6) is 1.73. The van der Waals surface area contributed by atoms with Crippen molar-refractivity contribution >= 4 is 22.6 Å². The number of fused-ring (bicyclic) bond motifs is 1. The molecule has 0 saturated carbocycles. The van der Waals surface area contributed by atoms with Gasteiger partial charge in [-0.1, -0.05) is 24.3 Å². The maximum atomic E-state index is 13.1. The Morgan fingerprint density at radius 1 is 1.08 bits per heavy atom. The van der Waals surface area contributed by atoms with Crippen LogP contribution in [0.2, 0.25) is 0 Å². The van der Waals surface area contributed by atoms with E-state index in [2.05, 4.69) is 22.1 Å². The Labute approximate surface area is 226 Å². The number of likely N-dealkylation sites (N-methyl/N-ethyl adjacent to an activating group) is 1. The highest BCUT2D eigenvalue weighted by Gasteiger charge is 2.29. The molecule has 39 heavy (non-hydrogen) atoms. The van der Waals surface area contributed by atoms with E-state index in [9.17, 15) is 9.59 Å². The van der Waals surface area contributed by atoms with Gasteiger partial charge in [0.25, 0.3) is 5.56 Å². The fourth-order valence-corrected chi connectivity index (χ4v) is 5.56. The summed E-state index contributed by atoms with van der Waals surface area (Å²) in [6.45, 7) is 2.32. The number of anilines is 1. The molecule has 4 aromatic rings. The molecule has 1 amide bonds. The SMILES string of the molecule is CN1CC[C@@H]1/C=C/C(=O)N1CCC[C@@H](c2cn(-c3ccc(Oc4ccccc4)cc3)c3c(N)n[nH]c(=O)c23)C1. The van der Waals surface area contributed by atoms with Gasteiger partial charge in [0.1, 0.15) is 17.0 Å². The summed E-state index contributed by atoms with van der Waals surface area (Å²) in [5, 5.41) is 7.12. The number of carbonyl (C=O) groups is 1. The van der Waals surface area contributed by atoms with Crippen LogP contribution in [0, 0.1) is 0 Å². The first-order valence-corrected chi connectivity index (χ1v) is 13.4. The Hall–Kier alpha value is -4.37. The lowest BCUT2D eigenvalue weighted by Gasteiger charge is -2.36. The fourth-order valence-electron chi connectivity index (χ4n) is 5.56. The lowest BCUT2D eigenvalue weighted by atomic mass is 9.90. The van der Waals surface area contributed by atoms with Crippen molar-refractivity contribution in [1.29, 1.82) is 0 Å². The first-order valence-electron chi connectivity index (χ1n) is 13.4. The third-order valence-corrected chi connectivity index (χ3v) is 7.85. The highest BCUT2D eigenvalue weighted by Crippen LogP contribution is 2.35. The van der Waals surface area contributed by atoms with Crippen molar-refractivity contribution in [2.45, 2.75) is 31.2 Å². The van der Waals surface area contributed by atoms with Gasteiger partial charge < -0.3 is 19.9 Å². The van der Waals surface area contributed by atoms with Crippen LogP contribution in [-0.2, 0) is 4.79 Å². The van der Waals surface area contributed by atoms with Gasteiger partial charge in [-0.05, 0) is 68.3 Å². The molecule has 2 aliphatic heterocycles. The van der Waals surface area contributed by atoms with Gasteiger partial charge in [0, 0.05) is 49.6 Å². The van der Waals surface area contributed by atoms with E-state index in [1.54, 1.807) is 6.08 Å². The number of aromatic nitrogens is 3. The van der Waals surface area contributed by atoms with Gasteiger partial charge in [-0.15, -0.1) is 0 Å². The summed E-state index contributed by atoms with van der Waals surface area (Å²) in [5.41, 5.74) is 8.31. The number of H-pyrrole nitrogens is 1. The molecule has 0 radical (unpaired) electrons. The van der Waals surface area contributed by atoms with Crippen LogP contribution in [0.3, 0.4) is 0 Å². The van der Waals surface area contributed by atoms with Crippen molar-refractivity contribution in [3.8, 4) is 17.2 Å². The second kappa shape index (κ2) is 10.4. The van der Waals surface area contributed by atoms with Crippen molar-refractivity contribution in [2.75, 3.05) is 32.4 Å². The zero-order chi connectivity index (χ0) is 26.9. The molecule has 2 aromatic heterocycles. The number of nitrogens with two attached hydrogens (primary N) is 1. The highest BCUT2D eigenvalue weighted by atomic mass is 16.5. The van der Waals surface area contributed by atoms with Gasteiger partial charge in [0.05, 0.1) is 5.39 Å². The van der Waals surface area contributed by atoms with E-state index in [0.29, 0.717) is 35.8 Å². The number of hydrogen-bond donors (Lipinski definition) is 2. The highest BCUT2D eigenvalue weighted by molar-refractivity contribution is 5.92. The quantitative estimate of drug-likeness (QED) is 0.368. The van der Waals surface area contributed by atoms with Gasteiger partial charge in [0.2, 0.25) is 5.91 Å². The van der Waals surface area contributed by atoms with Crippen molar-refractivity contribution in [2.24, 2.45) is 0 Å². The molecule has 6 rings (SSSR count). The third kappa shape index (κ3) is 4.93. The largest absolute Gasteiger partial charge is 0.457 e. The number of carbonyl (C=O) groups excluding carboxylic acids is 1. The molecule has 9 heteroatoms. The second-order valence-electron chi connectivity index (χ2n) is 10.3. The van der Waals surface area contributed by atoms with E-state index in [1.807, 2.05) is 76.3 Å². The molecular weight excluding hydrogens is 492 g/mol. The number of nitrogens with zero attached hydrogens (tertiary/aromatic N) is 4. The predicted molar refractivity (Wildman–Crippen MR) is 151 cm³/mol. The smallest absolute Gasteiger partial charge is 0.274 e. The van der Waals surface area contributed by atoms with Gasteiger partial charge in [-0.2, -0.15) is 5.10 Å². The zero-order valence-corrected chi connectivity index (χ0v) is 21.9. The van der Waals surface area contributed by atoms with E-state index in [1.165, 1.54) is 0 Å². The summed E-state index contributed by atoms with van der Waals surface area (Å²) in [6.07, 6.45) is 8.51. The minimum absolute atomic E-state index is 0.00909. The van der Waals surface area contributed by atoms with Crippen LogP contribution in [0.25, 0.3) is 16.6 Å². The third-order valence-electron chi connectivity index (χ3n) is 7.85. The van der Waals surface area contributed by atoms with Gasteiger partial charge in [-0.3, -0.25) is 14.5 Å². The van der Waals surface area contributed by atoms with E-state index >= 15 is 0 Å². The molecule has 200 valence electrons. The Morgan fingerprint density at radius 2 is 1.85 bits per heavy atom. The maximum Gasteiger partial charge on any atom is 0.274 e. The van der Waals surface area contributed by atoms with Crippen molar-refractivity contribution < 1.29 is 9.53 Å². The summed E-state index contributed by atoms with van der Waals surface area (Å²) in [4.78, 5) is 30.2. The molecule has 2 atom stereocenters. The van der Waals surface area contributed by atoms with Crippen LogP contribution in [0.4, 0.5) is 5.82 Å². The Kier molecular flexibility index (Phi) is 6.66. The fraction of sp³-hybridized carbons (Fsp3) is 0.300. The first-order chi connectivity index (χ1) is 19.0. The van der Waals surface area contributed by atoms with Gasteiger partial charge >= 0.3 is 0 Å². The number of nitrogens with one attached hydrogen (secondary N) is 1. The number of ether oxygens (including phenoxy) is 1. The summed E-state index contributed by atoms with van der Waals surface area (Å²) < 4.78 is 7.86. The standard InChI is InChI=1S/C30H32N6O3/c1-34-17-15-21(34)11-14-26(37)35-16-5-6-20(18-35)25-19-36(28-27(25)30(38)33-32-29(28)31)22-9-12-24(13-10-22)39-23-7-3-2-4-8-23/h2-4,7-14,19-21H,5-6,15-18H2,1H3,(H2,31,32)(H,33,38)/b14-11+/t20-,21+/m1/s1. The molecule has 2 saturated heterocycles. The lowest BCUT2D eigenvalue weighted by Crippen LogP contribution is -2.43. The average molecular weight is 525 g/mol. The summed E-state index contributed by atoms with van der Waals surface area (Å²) in [6, 6.07) is 17.6. The number of rotatable bonds is 6. The number of aromatic amines is 1. The van der Waals surface area contributed by atoms with Crippen LogP contribution in [0.5, 0.6) is 11.5 Å². The molecular formula is C30H32N6O3. The lowest BCUT2D eigenvalue weighted by molar-refractivity contribution is -0.127. The Morgan fingerprint density at radius 3 is 2.56 bits per heavy atom. The zero-order valence-electron chi connectivity index (χ0n) is 21.9. The van der Waals surface area contributed by atoms with Crippen molar-refractivity contribution in [3.63, 3.8) is 0 Å². The second-order valence-corrected chi connectivity index (χ2v) is 10.3. The van der Waals surface area contributed by atoms with Crippen LogP contribution in [0.1, 0.15) is 30.7 Å². The summed E-state index contributed by atoms with van der Waals surface area (Å²) >= 11 is 0. The van der Waals surface area contributed by atoms with Crippen LogP contribution in [-0.4, -0.2) is 63.2 Å². The van der Waals surface area contributed by atoms with Crippen LogP contribution < -0.4 is 16.0 Å². The number of nitrogen functional groups attached to an aromatic ring is 1. The number of likely N-dealkylation sites (tertiary alicyclic amines) is 2. The normalized spacial score (nSPS) is 19.9. The van der Waals surface area contributed by atoms with Gasteiger partial charge in [-0.25, -0.2) is 5.10 Å². The molecule has 0 aliphatic carbocycles. The average Bonchev–Trinajstić information content (AvgIpc) is 3.37. The molecule has 3 N–H and O–H groups in total. The Bertz CT molecular complexity index is 1570. The number of para-hydroxylation sites is 1. The molecule has 0 unspecified atom stereocenters. The number of amides is 1. The number of hydrogen-bond acceptors (Lipinski definition) is 6. The van der Waals surface area contributed by atoms with Gasteiger partial charge in [0.15, 0.2) is 5.82 Å². The van der Waals surface area contributed by atoms with Crippen LogP contribution >= 0.6 is 0 Å². The molecule has 2 aromatic carbocycles. The number of piperidine rings is 1. The molecule has 0 bridgehead atoms. The Balaban J connectivity index is 1.30. The van der Waals surface area contributed by atoms with E-state index in [4.69, 9.17) is 10.5 Å².